The van der Waals surface area contributed by atoms with Crippen molar-refractivity contribution in [3.63, 3.8) is 0 Å². The van der Waals surface area contributed by atoms with Crippen LogP contribution in [0.15, 0.2) is 24.8 Å². The minimum Gasteiger partial charge on any atom is -0.103 e. The van der Waals surface area contributed by atoms with Crippen molar-refractivity contribution in [2.45, 2.75) is 39.5 Å². The molecule has 0 aromatic rings. The molecular formula is C11H20. The van der Waals surface area contributed by atoms with Crippen LogP contribution in [0.3, 0.4) is 0 Å². The second-order valence-corrected chi connectivity index (χ2v) is 3.25. The summed E-state index contributed by atoms with van der Waals surface area (Å²) < 4.78 is 0. The number of hydrogen-bond acceptors (Lipinski definition) is 0. The van der Waals surface area contributed by atoms with Gasteiger partial charge in [0.25, 0.3) is 0 Å². The van der Waals surface area contributed by atoms with E-state index in [9.17, 15) is 0 Å². The molecule has 0 atom stereocenters. The molecule has 0 aromatic heterocycles. The first-order valence-electron chi connectivity index (χ1n) is 4.55. The van der Waals surface area contributed by atoms with Gasteiger partial charge < -0.3 is 0 Å². The maximum absolute atomic E-state index is 3.69. The molecule has 0 saturated carbocycles. The Bertz CT molecular complexity index is 109. The summed E-state index contributed by atoms with van der Waals surface area (Å²) in [6.45, 7) is 8.11. The minimum absolute atomic E-state index is 0.703. The minimum atomic E-state index is 0.703. The van der Waals surface area contributed by atoms with E-state index < -0.39 is 0 Å². The zero-order chi connectivity index (χ0) is 8.53. The highest BCUT2D eigenvalue weighted by Gasteiger charge is 1.84. The zero-order valence-electron chi connectivity index (χ0n) is 7.84. The van der Waals surface area contributed by atoms with Crippen LogP contribution in [0.2, 0.25) is 0 Å². The van der Waals surface area contributed by atoms with Crippen molar-refractivity contribution >= 4 is 0 Å². The summed E-state index contributed by atoms with van der Waals surface area (Å²) >= 11 is 0. The molecule has 0 aliphatic carbocycles. The smallest absolute Gasteiger partial charge is 0.0290 e. The Morgan fingerprint density at radius 1 is 1.18 bits per heavy atom. The monoisotopic (exact) mass is 152 g/mol. The number of unbranched alkanes of at least 4 members (excludes halogenated alkanes) is 3. The maximum Gasteiger partial charge on any atom is -0.0290 e. The van der Waals surface area contributed by atoms with Gasteiger partial charge in [0, 0.05) is 0 Å². The summed E-state index contributed by atoms with van der Waals surface area (Å²) in [5, 5.41) is 0. The van der Waals surface area contributed by atoms with Gasteiger partial charge >= 0.3 is 0 Å². The molecule has 0 heterocycles. The maximum atomic E-state index is 3.69. The van der Waals surface area contributed by atoms with Crippen molar-refractivity contribution in [1.29, 1.82) is 0 Å². The Labute approximate surface area is 71.0 Å². The summed E-state index contributed by atoms with van der Waals surface area (Å²) in [7, 11) is 0. The average molecular weight is 152 g/mol. The predicted octanol–water partition coefficient (Wildman–Crippen LogP) is 3.95. The molecule has 0 fully saturated rings. The fraction of sp³-hybridized carbons (Fsp3) is 0.636. The molecule has 0 nitrogen and oxygen atoms in total. The Morgan fingerprint density at radius 3 is 2.36 bits per heavy atom. The Hall–Kier alpha value is -0.520. The van der Waals surface area contributed by atoms with Crippen LogP contribution in [0.4, 0.5) is 0 Å². The molecule has 0 bridgehead atoms. The standard InChI is InChI=1S/C11H20/c1-4-5-6-7-8-9-10-11(2)3/h4,9-11H,1,5-8H2,2-3H3/b10-9+. The van der Waals surface area contributed by atoms with E-state index in [1.165, 1.54) is 19.3 Å². The van der Waals surface area contributed by atoms with E-state index in [1.807, 2.05) is 6.08 Å². The molecule has 0 aliphatic rings. The first-order chi connectivity index (χ1) is 5.27. The van der Waals surface area contributed by atoms with Gasteiger partial charge in [-0.25, -0.2) is 0 Å². The lowest BCUT2D eigenvalue weighted by molar-refractivity contribution is 0.752. The average Bonchev–Trinajstić information content (AvgIpc) is 1.96. The lowest BCUT2D eigenvalue weighted by atomic mass is 10.1. The largest absolute Gasteiger partial charge is 0.103 e. The van der Waals surface area contributed by atoms with E-state index in [0.29, 0.717) is 5.92 Å². The second-order valence-electron chi connectivity index (χ2n) is 3.25. The molecule has 11 heavy (non-hydrogen) atoms. The first kappa shape index (κ1) is 10.5. The van der Waals surface area contributed by atoms with Gasteiger partial charge in [-0.2, -0.15) is 0 Å². The molecule has 0 rings (SSSR count). The van der Waals surface area contributed by atoms with Gasteiger partial charge in [0.1, 0.15) is 0 Å². The van der Waals surface area contributed by atoms with Crippen molar-refractivity contribution in [2.24, 2.45) is 5.92 Å². The number of allylic oxidation sites excluding steroid dienone is 3. The third-order valence-corrected chi connectivity index (χ3v) is 1.55. The van der Waals surface area contributed by atoms with Gasteiger partial charge in [0.15, 0.2) is 0 Å². The summed E-state index contributed by atoms with van der Waals surface area (Å²) in [6.07, 6.45) is 11.5. The first-order valence-corrected chi connectivity index (χ1v) is 4.55. The van der Waals surface area contributed by atoms with Crippen molar-refractivity contribution in [2.75, 3.05) is 0 Å². The predicted molar refractivity (Wildman–Crippen MR) is 52.6 cm³/mol. The summed E-state index contributed by atoms with van der Waals surface area (Å²) in [4.78, 5) is 0. The molecule has 0 spiro atoms. The summed E-state index contributed by atoms with van der Waals surface area (Å²) in [6, 6.07) is 0. The van der Waals surface area contributed by atoms with Gasteiger partial charge in [-0.05, 0) is 31.6 Å². The van der Waals surface area contributed by atoms with Gasteiger partial charge in [-0.3, -0.25) is 0 Å². The molecule has 0 saturated heterocycles. The highest BCUT2D eigenvalue weighted by Crippen LogP contribution is 2.02. The van der Waals surface area contributed by atoms with Crippen molar-refractivity contribution < 1.29 is 0 Å². The SMILES string of the molecule is C=CCCCC/C=C/C(C)C. The van der Waals surface area contributed by atoms with Crippen LogP contribution in [0.1, 0.15) is 39.5 Å². The van der Waals surface area contributed by atoms with Gasteiger partial charge in [0.2, 0.25) is 0 Å². The van der Waals surface area contributed by atoms with Gasteiger partial charge in [-0.15, -0.1) is 6.58 Å². The fourth-order valence-electron chi connectivity index (χ4n) is 0.919. The molecule has 0 aromatic carbocycles. The number of hydrogen-bond donors (Lipinski definition) is 0. The molecule has 64 valence electrons. The van der Waals surface area contributed by atoms with E-state index in [1.54, 1.807) is 0 Å². The quantitative estimate of drug-likeness (QED) is 0.399. The van der Waals surface area contributed by atoms with Crippen molar-refractivity contribution in [1.82, 2.24) is 0 Å². The van der Waals surface area contributed by atoms with E-state index in [-0.39, 0.29) is 0 Å². The summed E-state index contributed by atoms with van der Waals surface area (Å²) in [5.74, 6) is 0.703. The Morgan fingerprint density at radius 2 is 1.82 bits per heavy atom. The molecular weight excluding hydrogens is 132 g/mol. The van der Waals surface area contributed by atoms with Crippen LogP contribution in [-0.2, 0) is 0 Å². The van der Waals surface area contributed by atoms with Gasteiger partial charge in [0.05, 0.1) is 0 Å². The van der Waals surface area contributed by atoms with E-state index in [4.69, 9.17) is 0 Å². The molecule has 0 amide bonds. The van der Waals surface area contributed by atoms with Crippen molar-refractivity contribution in [3.05, 3.63) is 24.8 Å². The molecule has 0 unspecified atom stereocenters. The second kappa shape index (κ2) is 7.59. The van der Waals surface area contributed by atoms with Crippen LogP contribution in [0.25, 0.3) is 0 Å². The van der Waals surface area contributed by atoms with Gasteiger partial charge in [-0.1, -0.05) is 32.1 Å². The summed E-state index contributed by atoms with van der Waals surface area (Å²) in [5.41, 5.74) is 0. The Balaban J connectivity index is 3.07. The molecule has 0 radical (unpaired) electrons. The third-order valence-electron chi connectivity index (χ3n) is 1.55. The lowest BCUT2D eigenvalue weighted by Crippen LogP contribution is -1.77. The number of rotatable bonds is 6. The van der Waals surface area contributed by atoms with E-state index in [0.717, 1.165) is 6.42 Å². The fourth-order valence-corrected chi connectivity index (χ4v) is 0.919. The highest BCUT2D eigenvalue weighted by molar-refractivity contribution is 4.84. The zero-order valence-corrected chi connectivity index (χ0v) is 7.84. The van der Waals surface area contributed by atoms with Crippen LogP contribution in [0.5, 0.6) is 0 Å². The van der Waals surface area contributed by atoms with Crippen molar-refractivity contribution in [3.8, 4) is 0 Å². The highest BCUT2D eigenvalue weighted by atomic mass is 13.9. The van der Waals surface area contributed by atoms with Crippen LogP contribution in [0, 0.1) is 5.92 Å². The van der Waals surface area contributed by atoms with Crippen LogP contribution >= 0.6 is 0 Å². The Kier molecular flexibility index (Phi) is 7.23. The molecule has 0 heteroatoms. The molecule has 0 aliphatic heterocycles. The van der Waals surface area contributed by atoms with E-state index in [2.05, 4.69) is 32.6 Å². The van der Waals surface area contributed by atoms with Crippen LogP contribution < -0.4 is 0 Å². The molecule has 0 N–H and O–H groups in total. The third kappa shape index (κ3) is 9.48. The van der Waals surface area contributed by atoms with Crippen LogP contribution in [-0.4, -0.2) is 0 Å². The van der Waals surface area contributed by atoms with E-state index >= 15 is 0 Å². The topological polar surface area (TPSA) is 0 Å². The normalized spacial score (nSPS) is 11.2. The lowest BCUT2D eigenvalue weighted by Gasteiger charge is -1.94.